The molecular formula is C13H28N2O2. The van der Waals surface area contributed by atoms with Crippen LogP contribution in [0.3, 0.4) is 0 Å². The van der Waals surface area contributed by atoms with E-state index in [4.69, 9.17) is 9.84 Å². The molecule has 17 heavy (non-hydrogen) atoms. The van der Waals surface area contributed by atoms with Gasteiger partial charge in [-0.2, -0.15) is 0 Å². The lowest BCUT2D eigenvalue weighted by Crippen LogP contribution is -2.49. The molecule has 1 heterocycles. The molecule has 0 aromatic rings. The summed E-state index contributed by atoms with van der Waals surface area (Å²) in [5, 5.41) is 12.6. The van der Waals surface area contributed by atoms with Crippen molar-refractivity contribution in [2.45, 2.75) is 39.8 Å². The van der Waals surface area contributed by atoms with Gasteiger partial charge in [-0.25, -0.2) is 0 Å². The van der Waals surface area contributed by atoms with Crippen LogP contribution in [0.4, 0.5) is 0 Å². The third-order valence-corrected chi connectivity index (χ3v) is 3.07. The number of rotatable bonds is 6. The topological polar surface area (TPSA) is 44.7 Å². The fourth-order valence-corrected chi connectivity index (χ4v) is 2.18. The van der Waals surface area contributed by atoms with Crippen LogP contribution in [-0.4, -0.2) is 61.5 Å². The van der Waals surface area contributed by atoms with Crippen molar-refractivity contribution in [3.05, 3.63) is 0 Å². The molecule has 0 radical (unpaired) electrons. The lowest BCUT2D eigenvalue weighted by Gasteiger charge is -2.38. The Balaban J connectivity index is 2.35. The van der Waals surface area contributed by atoms with Crippen molar-refractivity contribution < 1.29 is 9.84 Å². The molecule has 0 aliphatic carbocycles. The molecule has 1 fully saturated rings. The SMILES string of the molecule is CC(C)NCC(C)(C)CN1CCOC(CO)C1. The number of nitrogens with one attached hydrogen (secondary N) is 1. The van der Waals surface area contributed by atoms with Crippen molar-refractivity contribution in [3.63, 3.8) is 0 Å². The Morgan fingerprint density at radius 1 is 1.47 bits per heavy atom. The fourth-order valence-electron chi connectivity index (χ4n) is 2.18. The lowest BCUT2D eigenvalue weighted by molar-refractivity contribution is -0.0604. The first kappa shape index (κ1) is 14.9. The number of aliphatic hydroxyl groups excluding tert-OH is 1. The van der Waals surface area contributed by atoms with Gasteiger partial charge in [-0.1, -0.05) is 27.7 Å². The van der Waals surface area contributed by atoms with E-state index in [-0.39, 0.29) is 18.1 Å². The van der Waals surface area contributed by atoms with Crippen LogP contribution in [0, 0.1) is 5.41 Å². The molecule has 0 saturated carbocycles. The molecule has 0 aromatic carbocycles. The van der Waals surface area contributed by atoms with E-state index in [1.165, 1.54) is 0 Å². The first-order valence-corrected chi connectivity index (χ1v) is 6.61. The van der Waals surface area contributed by atoms with Crippen LogP contribution < -0.4 is 5.32 Å². The first-order chi connectivity index (χ1) is 7.93. The van der Waals surface area contributed by atoms with E-state index in [2.05, 4.69) is 37.9 Å². The number of nitrogens with zero attached hydrogens (tertiary/aromatic N) is 1. The van der Waals surface area contributed by atoms with Gasteiger partial charge in [0.15, 0.2) is 0 Å². The third-order valence-electron chi connectivity index (χ3n) is 3.07. The van der Waals surface area contributed by atoms with Crippen LogP contribution in [0.5, 0.6) is 0 Å². The Labute approximate surface area is 105 Å². The van der Waals surface area contributed by atoms with Crippen LogP contribution >= 0.6 is 0 Å². The largest absolute Gasteiger partial charge is 0.394 e. The van der Waals surface area contributed by atoms with Gasteiger partial charge in [0, 0.05) is 32.2 Å². The van der Waals surface area contributed by atoms with E-state index in [0.29, 0.717) is 6.04 Å². The Hall–Kier alpha value is -0.160. The smallest absolute Gasteiger partial charge is 0.0932 e. The number of hydrogen-bond donors (Lipinski definition) is 2. The average molecular weight is 244 g/mol. The van der Waals surface area contributed by atoms with Gasteiger partial charge in [0.05, 0.1) is 19.3 Å². The number of morpholine rings is 1. The summed E-state index contributed by atoms with van der Waals surface area (Å²) < 4.78 is 5.46. The third kappa shape index (κ3) is 5.82. The average Bonchev–Trinajstić information content (AvgIpc) is 2.26. The summed E-state index contributed by atoms with van der Waals surface area (Å²) in [6.07, 6.45) is -0.00221. The van der Waals surface area contributed by atoms with Crippen LogP contribution in [0.25, 0.3) is 0 Å². The molecule has 1 atom stereocenters. The number of aliphatic hydroxyl groups is 1. The van der Waals surface area contributed by atoms with E-state index in [1.54, 1.807) is 0 Å². The maximum absolute atomic E-state index is 9.12. The normalized spacial score (nSPS) is 23.3. The second-order valence-corrected chi connectivity index (χ2v) is 6.11. The molecule has 0 spiro atoms. The molecule has 4 heteroatoms. The minimum Gasteiger partial charge on any atom is -0.394 e. The highest BCUT2D eigenvalue weighted by atomic mass is 16.5. The lowest BCUT2D eigenvalue weighted by atomic mass is 9.92. The first-order valence-electron chi connectivity index (χ1n) is 6.61. The molecular weight excluding hydrogens is 216 g/mol. The van der Waals surface area contributed by atoms with E-state index in [1.807, 2.05) is 0 Å². The number of hydrogen-bond acceptors (Lipinski definition) is 4. The second kappa shape index (κ2) is 6.69. The fraction of sp³-hybridized carbons (Fsp3) is 1.00. The Bertz CT molecular complexity index is 219. The summed E-state index contributed by atoms with van der Waals surface area (Å²) in [6.45, 7) is 13.7. The summed E-state index contributed by atoms with van der Waals surface area (Å²) in [7, 11) is 0. The summed E-state index contributed by atoms with van der Waals surface area (Å²) >= 11 is 0. The van der Waals surface area contributed by atoms with Crippen LogP contribution in [0.2, 0.25) is 0 Å². The summed E-state index contributed by atoms with van der Waals surface area (Å²) in [6, 6.07) is 0.532. The van der Waals surface area contributed by atoms with Gasteiger partial charge >= 0.3 is 0 Å². The minimum absolute atomic E-state index is 0.00221. The van der Waals surface area contributed by atoms with Gasteiger partial charge in [-0.15, -0.1) is 0 Å². The summed E-state index contributed by atoms with van der Waals surface area (Å²) in [4.78, 5) is 2.40. The van der Waals surface area contributed by atoms with Crippen LogP contribution in [0.15, 0.2) is 0 Å². The predicted molar refractivity (Wildman–Crippen MR) is 70.2 cm³/mol. The Morgan fingerprint density at radius 2 is 2.18 bits per heavy atom. The molecule has 102 valence electrons. The van der Waals surface area contributed by atoms with Gasteiger partial charge in [0.1, 0.15) is 0 Å². The van der Waals surface area contributed by atoms with E-state index in [0.717, 1.165) is 32.8 Å². The quantitative estimate of drug-likeness (QED) is 0.722. The van der Waals surface area contributed by atoms with E-state index >= 15 is 0 Å². The van der Waals surface area contributed by atoms with Crippen molar-refractivity contribution in [2.24, 2.45) is 5.41 Å². The number of ether oxygens (including phenoxy) is 1. The highest BCUT2D eigenvalue weighted by Crippen LogP contribution is 2.18. The Morgan fingerprint density at radius 3 is 2.76 bits per heavy atom. The van der Waals surface area contributed by atoms with Crippen molar-refractivity contribution in [2.75, 3.05) is 39.4 Å². The highest BCUT2D eigenvalue weighted by molar-refractivity contribution is 4.80. The molecule has 1 aliphatic heterocycles. The maximum Gasteiger partial charge on any atom is 0.0932 e. The van der Waals surface area contributed by atoms with E-state index in [9.17, 15) is 0 Å². The van der Waals surface area contributed by atoms with Gasteiger partial charge in [0.25, 0.3) is 0 Å². The molecule has 1 rings (SSSR count). The molecule has 1 unspecified atom stereocenters. The van der Waals surface area contributed by atoms with Gasteiger partial charge < -0.3 is 15.2 Å². The maximum atomic E-state index is 9.12. The molecule has 0 amide bonds. The van der Waals surface area contributed by atoms with Crippen molar-refractivity contribution in [1.29, 1.82) is 0 Å². The zero-order valence-electron chi connectivity index (χ0n) is 11.7. The summed E-state index contributed by atoms with van der Waals surface area (Å²) in [5.74, 6) is 0. The summed E-state index contributed by atoms with van der Waals surface area (Å²) in [5.41, 5.74) is 0.252. The molecule has 1 aliphatic rings. The highest BCUT2D eigenvalue weighted by Gasteiger charge is 2.26. The molecule has 1 saturated heterocycles. The monoisotopic (exact) mass is 244 g/mol. The molecule has 0 bridgehead atoms. The van der Waals surface area contributed by atoms with Crippen molar-refractivity contribution in [1.82, 2.24) is 10.2 Å². The predicted octanol–water partition coefficient (Wildman–Crippen LogP) is 0.704. The van der Waals surface area contributed by atoms with Gasteiger partial charge in [0.2, 0.25) is 0 Å². The molecule has 4 nitrogen and oxygen atoms in total. The zero-order valence-corrected chi connectivity index (χ0v) is 11.7. The van der Waals surface area contributed by atoms with Gasteiger partial charge in [-0.3, -0.25) is 4.90 Å². The van der Waals surface area contributed by atoms with Crippen LogP contribution in [-0.2, 0) is 4.74 Å². The zero-order chi connectivity index (χ0) is 12.9. The van der Waals surface area contributed by atoms with E-state index < -0.39 is 0 Å². The van der Waals surface area contributed by atoms with Crippen molar-refractivity contribution >= 4 is 0 Å². The van der Waals surface area contributed by atoms with Crippen LogP contribution in [0.1, 0.15) is 27.7 Å². The molecule has 2 N–H and O–H groups in total. The van der Waals surface area contributed by atoms with Crippen molar-refractivity contribution in [3.8, 4) is 0 Å². The second-order valence-electron chi connectivity index (χ2n) is 6.11. The molecule has 0 aromatic heterocycles. The Kier molecular flexibility index (Phi) is 5.86. The van der Waals surface area contributed by atoms with Gasteiger partial charge in [-0.05, 0) is 5.41 Å². The minimum atomic E-state index is -0.00221. The standard InChI is InChI=1S/C13H28N2O2/c1-11(2)14-9-13(3,4)10-15-5-6-17-12(7-15)8-16/h11-12,14,16H,5-10H2,1-4H3.